The molecule has 0 aliphatic carbocycles. The number of ether oxygens (including phenoxy) is 2. The van der Waals surface area contributed by atoms with Crippen LogP contribution in [-0.4, -0.2) is 30.9 Å². The molecule has 4 rings (SSSR count). The standard InChI is InChI=1S/C25H23N3O5/c1-16(29)33-20-14-13-18(15-21(20)32-2)23-22(26-24(30)17-9-5-3-6-10-17)25(31)27-28(23)19-11-7-4-8-12-19/h3-15,22-23H,1-2H3,(H,26,30)(H,27,31). The fourth-order valence-electron chi connectivity index (χ4n) is 3.77. The number of hydrogen-bond donors (Lipinski definition) is 2. The van der Waals surface area contributed by atoms with E-state index in [1.807, 2.05) is 36.4 Å². The maximum atomic E-state index is 13.0. The summed E-state index contributed by atoms with van der Waals surface area (Å²) in [5, 5.41) is 4.57. The zero-order valence-electron chi connectivity index (χ0n) is 18.1. The summed E-state index contributed by atoms with van der Waals surface area (Å²) in [5.41, 5.74) is 4.74. The molecule has 1 aliphatic heterocycles. The Hall–Kier alpha value is -4.33. The highest BCUT2D eigenvalue weighted by molar-refractivity contribution is 5.99. The van der Waals surface area contributed by atoms with Crippen molar-refractivity contribution in [1.29, 1.82) is 0 Å². The first-order valence-electron chi connectivity index (χ1n) is 10.3. The third kappa shape index (κ3) is 4.64. The van der Waals surface area contributed by atoms with Crippen molar-refractivity contribution in [2.75, 3.05) is 12.1 Å². The molecule has 8 heteroatoms. The van der Waals surface area contributed by atoms with Crippen molar-refractivity contribution in [1.82, 2.24) is 10.7 Å². The van der Waals surface area contributed by atoms with Crippen LogP contribution in [0.1, 0.15) is 28.9 Å². The van der Waals surface area contributed by atoms with E-state index in [-0.39, 0.29) is 17.6 Å². The van der Waals surface area contributed by atoms with Gasteiger partial charge >= 0.3 is 5.97 Å². The average Bonchev–Trinajstić information content (AvgIpc) is 3.16. The quantitative estimate of drug-likeness (QED) is 0.447. The van der Waals surface area contributed by atoms with E-state index >= 15 is 0 Å². The van der Waals surface area contributed by atoms with Crippen LogP contribution in [0, 0.1) is 0 Å². The highest BCUT2D eigenvalue weighted by Gasteiger charge is 2.43. The van der Waals surface area contributed by atoms with Gasteiger partial charge in [0, 0.05) is 12.5 Å². The molecule has 33 heavy (non-hydrogen) atoms. The predicted octanol–water partition coefficient (Wildman–Crippen LogP) is 3.01. The molecule has 2 unspecified atom stereocenters. The van der Waals surface area contributed by atoms with Gasteiger partial charge in [0.1, 0.15) is 12.1 Å². The summed E-state index contributed by atoms with van der Waals surface area (Å²) >= 11 is 0. The highest BCUT2D eigenvalue weighted by atomic mass is 16.6. The van der Waals surface area contributed by atoms with Crippen LogP contribution in [0.15, 0.2) is 78.9 Å². The Morgan fingerprint density at radius 2 is 1.61 bits per heavy atom. The molecule has 8 nitrogen and oxygen atoms in total. The molecule has 1 aliphatic rings. The Morgan fingerprint density at radius 1 is 0.939 bits per heavy atom. The summed E-state index contributed by atoms with van der Waals surface area (Å²) in [5.74, 6) is -0.585. The van der Waals surface area contributed by atoms with Crippen LogP contribution in [-0.2, 0) is 9.59 Å². The number of anilines is 1. The lowest BCUT2D eigenvalue weighted by atomic mass is 9.98. The fraction of sp³-hybridized carbons (Fsp3) is 0.160. The first-order chi connectivity index (χ1) is 16.0. The minimum atomic E-state index is -0.887. The van der Waals surface area contributed by atoms with Crippen molar-refractivity contribution in [3.05, 3.63) is 90.0 Å². The van der Waals surface area contributed by atoms with Crippen molar-refractivity contribution >= 4 is 23.5 Å². The molecule has 2 amide bonds. The molecule has 168 valence electrons. The normalized spacial score (nSPS) is 17.3. The molecule has 0 radical (unpaired) electrons. The second kappa shape index (κ2) is 9.44. The summed E-state index contributed by atoms with van der Waals surface area (Å²) in [7, 11) is 1.47. The van der Waals surface area contributed by atoms with Gasteiger partial charge in [-0.1, -0.05) is 42.5 Å². The number of hydrazine groups is 1. The number of hydrogen-bond acceptors (Lipinski definition) is 6. The minimum Gasteiger partial charge on any atom is -0.493 e. The Labute approximate surface area is 191 Å². The van der Waals surface area contributed by atoms with Gasteiger partial charge in [-0.15, -0.1) is 0 Å². The molecule has 0 bridgehead atoms. The molecule has 3 aromatic carbocycles. The maximum absolute atomic E-state index is 13.0. The number of rotatable bonds is 6. The molecule has 0 aromatic heterocycles. The van der Waals surface area contributed by atoms with Crippen molar-refractivity contribution in [2.24, 2.45) is 0 Å². The van der Waals surface area contributed by atoms with Crippen molar-refractivity contribution in [3.63, 3.8) is 0 Å². The Kier molecular flexibility index (Phi) is 6.26. The topological polar surface area (TPSA) is 97.0 Å². The monoisotopic (exact) mass is 445 g/mol. The zero-order valence-corrected chi connectivity index (χ0v) is 18.1. The van der Waals surface area contributed by atoms with E-state index in [1.54, 1.807) is 47.5 Å². The van der Waals surface area contributed by atoms with E-state index in [0.29, 0.717) is 16.9 Å². The van der Waals surface area contributed by atoms with E-state index < -0.39 is 18.1 Å². The van der Waals surface area contributed by atoms with Crippen LogP contribution < -0.4 is 25.2 Å². The van der Waals surface area contributed by atoms with Gasteiger partial charge in [0.25, 0.3) is 11.8 Å². The SMILES string of the molecule is COc1cc(C2C(NC(=O)c3ccccc3)C(=O)NN2c2ccccc2)ccc1OC(C)=O. The number of nitrogens with one attached hydrogen (secondary N) is 2. The lowest BCUT2D eigenvalue weighted by molar-refractivity contribution is -0.132. The lowest BCUT2D eigenvalue weighted by Crippen LogP contribution is -2.43. The smallest absolute Gasteiger partial charge is 0.308 e. The summed E-state index contributed by atoms with van der Waals surface area (Å²) in [4.78, 5) is 37.3. The molecule has 0 saturated carbocycles. The number of benzene rings is 3. The van der Waals surface area contributed by atoms with Gasteiger partial charge in [-0.3, -0.25) is 24.8 Å². The minimum absolute atomic E-state index is 0.266. The number of para-hydroxylation sites is 1. The van der Waals surface area contributed by atoms with Crippen LogP contribution in [0.3, 0.4) is 0 Å². The van der Waals surface area contributed by atoms with Crippen molar-refractivity contribution in [2.45, 2.75) is 19.0 Å². The molecule has 0 spiro atoms. The van der Waals surface area contributed by atoms with Crippen molar-refractivity contribution in [3.8, 4) is 11.5 Å². The van der Waals surface area contributed by atoms with Crippen LogP contribution >= 0.6 is 0 Å². The largest absolute Gasteiger partial charge is 0.493 e. The van der Waals surface area contributed by atoms with Gasteiger partial charge in [-0.05, 0) is 42.0 Å². The van der Waals surface area contributed by atoms with Gasteiger partial charge < -0.3 is 14.8 Å². The van der Waals surface area contributed by atoms with Crippen LogP contribution in [0.2, 0.25) is 0 Å². The van der Waals surface area contributed by atoms with Crippen LogP contribution in [0.25, 0.3) is 0 Å². The van der Waals surface area contributed by atoms with Crippen molar-refractivity contribution < 1.29 is 23.9 Å². The number of nitrogens with zero attached hydrogens (tertiary/aromatic N) is 1. The second-order valence-corrected chi connectivity index (χ2v) is 7.45. The van der Waals surface area contributed by atoms with E-state index in [1.165, 1.54) is 14.0 Å². The van der Waals surface area contributed by atoms with E-state index in [0.717, 1.165) is 5.69 Å². The fourth-order valence-corrected chi connectivity index (χ4v) is 3.77. The summed E-state index contributed by atoms with van der Waals surface area (Å²) < 4.78 is 10.6. The average molecular weight is 445 g/mol. The van der Waals surface area contributed by atoms with E-state index in [9.17, 15) is 14.4 Å². The molecule has 3 aromatic rings. The van der Waals surface area contributed by atoms with Gasteiger partial charge in [-0.2, -0.15) is 0 Å². The van der Waals surface area contributed by atoms with E-state index in [2.05, 4.69) is 10.7 Å². The molecule has 2 atom stereocenters. The second-order valence-electron chi connectivity index (χ2n) is 7.45. The third-order valence-corrected chi connectivity index (χ3v) is 5.25. The van der Waals surface area contributed by atoms with Gasteiger partial charge in [0.2, 0.25) is 0 Å². The molecule has 1 heterocycles. The van der Waals surface area contributed by atoms with Gasteiger partial charge in [-0.25, -0.2) is 0 Å². The lowest BCUT2D eigenvalue weighted by Gasteiger charge is -2.28. The van der Waals surface area contributed by atoms with E-state index in [4.69, 9.17) is 9.47 Å². The molecular weight excluding hydrogens is 422 g/mol. The molecule has 2 N–H and O–H groups in total. The number of methoxy groups -OCH3 is 1. The Morgan fingerprint density at radius 3 is 2.24 bits per heavy atom. The maximum Gasteiger partial charge on any atom is 0.308 e. The number of amides is 2. The molecular formula is C25H23N3O5. The van der Waals surface area contributed by atoms with Gasteiger partial charge in [0.15, 0.2) is 11.5 Å². The van der Waals surface area contributed by atoms with Crippen LogP contribution in [0.5, 0.6) is 11.5 Å². The third-order valence-electron chi connectivity index (χ3n) is 5.25. The Balaban J connectivity index is 1.74. The summed E-state index contributed by atoms with van der Waals surface area (Å²) in [6, 6.07) is 21.6. The highest BCUT2D eigenvalue weighted by Crippen LogP contribution is 2.37. The number of carbonyl (C=O) groups excluding carboxylic acids is 3. The first kappa shape index (κ1) is 21.9. The number of carbonyl (C=O) groups is 3. The molecule has 1 fully saturated rings. The van der Waals surface area contributed by atoms with Crippen LogP contribution in [0.4, 0.5) is 5.69 Å². The summed E-state index contributed by atoms with van der Waals surface area (Å²) in [6.07, 6.45) is 0. The van der Waals surface area contributed by atoms with Gasteiger partial charge in [0.05, 0.1) is 12.8 Å². The first-order valence-corrected chi connectivity index (χ1v) is 10.3. The number of esters is 1. The predicted molar refractivity (Wildman–Crippen MR) is 122 cm³/mol. The zero-order chi connectivity index (χ0) is 23.4. The molecule has 1 saturated heterocycles. The Bertz CT molecular complexity index is 1170. The summed E-state index contributed by atoms with van der Waals surface area (Å²) in [6.45, 7) is 1.30.